The summed E-state index contributed by atoms with van der Waals surface area (Å²) < 4.78 is 0. The summed E-state index contributed by atoms with van der Waals surface area (Å²) in [5, 5.41) is 0. The Morgan fingerprint density at radius 3 is 2.36 bits per heavy atom. The summed E-state index contributed by atoms with van der Waals surface area (Å²) in [5.41, 5.74) is 4.57. The molecule has 4 rings (SSSR count). The van der Waals surface area contributed by atoms with Crippen molar-refractivity contribution in [2.75, 3.05) is 6.54 Å². The Kier molecular flexibility index (Phi) is 5.81. The van der Waals surface area contributed by atoms with Gasteiger partial charge in [0.25, 0.3) is 0 Å². The number of carbonyl (C=O) groups excluding carboxylic acids is 1. The van der Waals surface area contributed by atoms with Gasteiger partial charge in [-0.25, -0.2) is 0 Å². The third kappa shape index (κ3) is 4.48. The van der Waals surface area contributed by atoms with Crippen LogP contribution in [-0.4, -0.2) is 22.3 Å². The van der Waals surface area contributed by atoms with Gasteiger partial charge in [-0.1, -0.05) is 66.7 Å². The molecule has 0 bridgehead atoms. The Balaban J connectivity index is 1.44. The number of aromatic nitrogens is 1. The fourth-order valence-corrected chi connectivity index (χ4v) is 4.00. The second-order valence-electron chi connectivity index (χ2n) is 7.45. The van der Waals surface area contributed by atoms with E-state index in [2.05, 4.69) is 54.6 Å². The molecule has 0 aliphatic carbocycles. The first kappa shape index (κ1) is 18.4. The lowest BCUT2D eigenvalue weighted by atomic mass is 10.1. The molecule has 3 nitrogen and oxygen atoms in total. The van der Waals surface area contributed by atoms with Crippen molar-refractivity contribution in [3.8, 4) is 0 Å². The van der Waals surface area contributed by atoms with Gasteiger partial charge >= 0.3 is 0 Å². The predicted molar refractivity (Wildman–Crippen MR) is 112 cm³/mol. The van der Waals surface area contributed by atoms with Crippen LogP contribution in [0.1, 0.15) is 47.8 Å². The van der Waals surface area contributed by atoms with Gasteiger partial charge in [0.15, 0.2) is 0 Å². The molecule has 3 heteroatoms. The van der Waals surface area contributed by atoms with E-state index in [0.29, 0.717) is 6.42 Å². The van der Waals surface area contributed by atoms with E-state index in [9.17, 15) is 4.79 Å². The van der Waals surface area contributed by atoms with E-state index in [4.69, 9.17) is 4.98 Å². The van der Waals surface area contributed by atoms with Crippen LogP contribution in [0.2, 0.25) is 0 Å². The van der Waals surface area contributed by atoms with Crippen molar-refractivity contribution in [2.45, 2.75) is 38.1 Å². The number of aryl methyl sites for hydroxylation is 1. The molecule has 1 amide bonds. The number of carbonyl (C=O) groups is 1. The van der Waals surface area contributed by atoms with Crippen molar-refractivity contribution in [3.05, 3.63) is 101 Å². The fourth-order valence-electron chi connectivity index (χ4n) is 4.00. The van der Waals surface area contributed by atoms with Crippen molar-refractivity contribution >= 4 is 5.91 Å². The van der Waals surface area contributed by atoms with E-state index in [1.807, 2.05) is 29.2 Å². The molecule has 0 spiro atoms. The molecule has 1 saturated heterocycles. The highest BCUT2D eigenvalue weighted by Crippen LogP contribution is 2.31. The zero-order chi connectivity index (χ0) is 19.2. The summed E-state index contributed by atoms with van der Waals surface area (Å²) in [5.74, 6) is 0.238. The minimum absolute atomic E-state index is 0.110. The first-order valence-corrected chi connectivity index (χ1v) is 10.1. The van der Waals surface area contributed by atoms with E-state index in [0.717, 1.165) is 43.6 Å². The average Bonchev–Trinajstić information content (AvgIpc) is 3.24. The van der Waals surface area contributed by atoms with Crippen molar-refractivity contribution in [3.63, 3.8) is 0 Å². The number of likely N-dealkylation sites (tertiary alicyclic amines) is 1. The number of hydrogen-bond acceptors (Lipinski definition) is 2. The van der Waals surface area contributed by atoms with Crippen molar-refractivity contribution < 1.29 is 4.79 Å². The average molecular weight is 370 g/mol. The summed E-state index contributed by atoms with van der Waals surface area (Å²) >= 11 is 0. The van der Waals surface area contributed by atoms with Gasteiger partial charge in [0, 0.05) is 25.1 Å². The Morgan fingerprint density at radius 2 is 1.61 bits per heavy atom. The van der Waals surface area contributed by atoms with Crippen molar-refractivity contribution in [2.24, 2.45) is 0 Å². The van der Waals surface area contributed by atoms with Gasteiger partial charge in [-0.15, -0.1) is 0 Å². The normalized spacial score (nSPS) is 16.3. The molecule has 1 unspecified atom stereocenters. The van der Waals surface area contributed by atoms with Crippen LogP contribution in [0.3, 0.4) is 0 Å². The Hall–Kier alpha value is -2.94. The Morgan fingerprint density at radius 1 is 0.893 bits per heavy atom. The molecular weight excluding hydrogens is 344 g/mol. The number of pyridine rings is 1. The maximum Gasteiger partial charge on any atom is 0.223 e. The first-order valence-electron chi connectivity index (χ1n) is 10.1. The van der Waals surface area contributed by atoms with Gasteiger partial charge in [0.2, 0.25) is 5.91 Å². The maximum absolute atomic E-state index is 12.9. The number of nitrogens with zero attached hydrogens (tertiary/aromatic N) is 2. The second-order valence-corrected chi connectivity index (χ2v) is 7.45. The van der Waals surface area contributed by atoms with Crippen molar-refractivity contribution in [1.29, 1.82) is 0 Å². The van der Waals surface area contributed by atoms with Gasteiger partial charge < -0.3 is 4.90 Å². The molecule has 1 aliphatic rings. The number of hydrogen-bond donors (Lipinski definition) is 0. The van der Waals surface area contributed by atoms with Crippen LogP contribution in [0.25, 0.3) is 0 Å². The zero-order valence-electron chi connectivity index (χ0n) is 16.1. The van der Waals surface area contributed by atoms with Crippen LogP contribution < -0.4 is 0 Å². The van der Waals surface area contributed by atoms with Crippen LogP contribution in [-0.2, 0) is 17.6 Å². The molecule has 0 saturated carbocycles. The molecular formula is C25H26N2O. The van der Waals surface area contributed by atoms with E-state index < -0.39 is 0 Å². The number of amides is 1. The highest BCUT2D eigenvalue weighted by atomic mass is 16.2. The number of rotatable bonds is 6. The molecule has 1 aromatic heterocycles. The largest absolute Gasteiger partial charge is 0.334 e. The standard InChI is InChI=1S/C25H26N2O/c28-25(17-16-20-9-3-1-4-10-20)27-18-8-15-24(27)23-14-7-13-22(26-23)19-21-11-5-2-6-12-21/h1-7,9-14,24H,8,15-19H2. The molecule has 142 valence electrons. The second kappa shape index (κ2) is 8.83. The molecule has 28 heavy (non-hydrogen) atoms. The van der Waals surface area contributed by atoms with Crippen LogP contribution in [0.15, 0.2) is 78.9 Å². The predicted octanol–water partition coefficient (Wildman–Crippen LogP) is 4.97. The third-order valence-electron chi connectivity index (χ3n) is 5.44. The summed E-state index contributed by atoms with van der Waals surface area (Å²) in [6.45, 7) is 0.836. The molecule has 1 aliphatic heterocycles. The minimum atomic E-state index is 0.110. The highest BCUT2D eigenvalue weighted by molar-refractivity contribution is 5.77. The van der Waals surface area contributed by atoms with E-state index >= 15 is 0 Å². The topological polar surface area (TPSA) is 33.2 Å². The van der Waals surface area contributed by atoms with E-state index in [1.165, 1.54) is 11.1 Å². The van der Waals surface area contributed by atoms with Crippen LogP contribution >= 0.6 is 0 Å². The molecule has 1 atom stereocenters. The maximum atomic E-state index is 12.9. The summed E-state index contributed by atoms with van der Waals surface area (Å²) in [6.07, 6.45) is 4.23. The molecule has 2 aromatic carbocycles. The van der Waals surface area contributed by atoms with E-state index in [-0.39, 0.29) is 11.9 Å². The van der Waals surface area contributed by atoms with Crippen LogP contribution in [0.4, 0.5) is 0 Å². The molecule has 1 fully saturated rings. The summed E-state index contributed by atoms with van der Waals surface area (Å²) in [4.78, 5) is 19.8. The van der Waals surface area contributed by atoms with E-state index in [1.54, 1.807) is 0 Å². The third-order valence-corrected chi connectivity index (χ3v) is 5.44. The lowest BCUT2D eigenvalue weighted by Crippen LogP contribution is -2.31. The molecule has 0 radical (unpaired) electrons. The smallest absolute Gasteiger partial charge is 0.223 e. The van der Waals surface area contributed by atoms with Gasteiger partial charge in [-0.2, -0.15) is 0 Å². The first-order chi connectivity index (χ1) is 13.8. The van der Waals surface area contributed by atoms with Crippen molar-refractivity contribution in [1.82, 2.24) is 9.88 Å². The molecule has 0 N–H and O–H groups in total. The van der Waals surface area contributed by atoms with Gasteiger partial charge in [0.05, 0.1) is 11.7 Å². The van der Waals surface area contributed by atoms with Gasteiger partial charge in [-0.05, 0) is 42.5 Å². The Bertz CT molecular complexity index is 908. The molecule has 3 aromatic rings. The lowest BCUT2D eigenvalue weighted by Gasteiger charge is -2.25. The monoisotopic (exact) mass is 370 g/mol. The highest BCUT2D eigenvalue weighted by Gasteiger charge is 2.30. The van der Waals surface area contributed by atoms with Gasteiger partial charge in [-0.3, -0.25) is 9.78 Å². The lowest BCUT2D eigenvalue weighted by molar-refractivity contribution is -0.132. The van der Waals surface area contributed by atoms with Crippen LogP contribution in [0.5, 0.6) is 0 Å². The zero-order valence-corrected chi connectivity index (χ0v) is 16.1. The Labute approximate surface area is 167 Å². The van der Waals surface area contributed by atoms with Gasteiger partial charge in [0.1, 0.15) is 0 Å². The van der Waals surface area contributed by atoms with Crippen LogP contribution in [0, 0.1) is 0 Å². The minimum Gasteiger partial charge on any atom is -0.334 e. The quantitative estimate of drug-likeness (QED) is 0.614. The number of benzene rings is 2. The molecule has 2 heterocycles. The SMILES string of the molecule is O=C(CCc1ccccc1)N1CCCC1c1cccc(Cc2ccccc2)n1. The summed E-state index contributed by atoms with van der Waals surface area (Å²) in [7, 11) is 0. The fraction of sp³-hybridized carbons (Fsp3) is 0.280. The summed E-state index contributed by atoms with van der Waals surface area (Å²) in [6, 6.07) is 27.0.